The Bertz CT molecular complexity index is 302. The van der Waals surface area contributed by atoms with Crippen LogP contribution in [0.4, 0.5) is 0 Å². The smallest absolute Gasteiger partial charge is 0.308 e. The van der Waals surface area contributed by atoms with Gasteiger partial charge in [-0.25, -0.2) is 0 Å². The van der Waals surface area contributed by atoms with Crippen LogP contribution in [0, 0.1) is 5.92 Å². The van der Waals surface area contributed by atoms with Crippen LogP contribution in [0.25, 0.3) is 0 Å². The van der Waals surface area contributed by atoms with Gasteiger partial charge >= 0.3 is 5.97 Å². The molecule has 0 rings (SSSR count). The van der Waals surface area contributed by atoms with Crippen LogP contribution < -0.4 is 0 Å². The normalized spacial score (nSPS) is 15.2. The zero-order valence-corrected chi connectivity index (χ0v) is 19.3. The first-order valence-corrected chi connectivity index (χ1v) is 11.6. The van der Waals surface area contributed by atoms with Crippen molar-refractivity contribution in [2.75, 3.05) is 6.61 Å². The van der Waals surface area contributed by atoms with Crippen molar-refractivity contribution < 1.29 is 9.53 Å². The number of unbranched alkanes of at least 4 members (excludes halogenated alkanes) is 10. The van der Waals surface area contributed by atoms with Crippen LogP contribution in [0.5, 0.6) is 0 Å². The molecule has 24 heavy (non-hydrogen) atoms. The molecule has 144 valence electrons. The first-order chi connectivity index (χ1) is 11.5. The summed E-state index contributed by atoms with van der Waals surface area (Å²) >= 11 is 0. The van der Waals surface area contributed by atoms with Crippen molar-refractivity contribution in [3.8, 4) is 0 Å². The highest BCUT2D eigenvalue weighted by molar-refractivity contribution is 6.26. The Balaban J connectivity index is 3.83. The third-order valence-corrected chi connectivity index (χ3v) is 6.87. The van der Waals surface area contributed by atoms with Crippen molar-refractivity contribution in [3.63, 3.8) is 0 Å². The standard InChI is InChI=1S/C21H44O2Si/c1-5-7-9-11-13-15-17-19(3)21(4,24)20(22)23-18-16-14-12-10-8-6-2/h19H,5-18H2,1-4,24H3. The van der Waals surface area contributed by atoms with E-state index in [2.05, 4.69) is 27.7 Å². The topological polar surface area (TPSA) is 26.3 Å². The highest BCUT2D eigenvalue weighted by Crippen LogP contribution is 2.36. The molecule has 2 unspecified atom stereocenters. The quantitative estimate of drug-likeness (QED) is 0.198. The molecule has 0 amide bonds. The molecule has 0 saturated heterocycles. The van der Waals surface area contributed by atoms with Gasteiger partial charge in [0.2, 0.25) is 0 Å². The maximum absolute atomic E-state index is 12.4. The summed E-state index contributed by atoms with van der Waals surface area (Å²) in [4.78, 5) is 12.4. The second-order valence-electron chi connectivity index (χ2n) is 8.08. The minimum Gasteiger partial charge on any atom is -0.466 e. The lowest BCUT2D eigenvalue weighted by Gasteiger charge is -2.29. The Morgan fingerprint density at radius 2 is 1.33 bits per heavy atom. The summed E-state index contributed by atoms with van der Waals surface area (Å²) in [5.41, 5.74) is 0. The number of hydrogen-bond donors (Lipinski definition) is 0. The first kappa shape index (κ1) is 23.7. The Kier molecular flexibility index (Phi) is 14.8. The zero-order chi connectivity index (χ0) is 18.3. The monoisotopic (exact) mass is 356 g/mol. The number of esters is 1. The summed E-state index contributed by atoms with van der Waals surface area (Å²) in [5, 5.41) is -0.217. The fourth-order valence-electron chi connectivity index (χ4n) is 3.03. The minimum atomic E-state index is -0.217. The van der Waals surface area contributed by atoms with Crippen molar-refractivity contribution in [1.29, 1.82) is 0 Å². The second-order valence-corrected chi connectivity index (χ2v) is 10.2. The third-order valence-electron chi connectivity index (χ3n) is 5.48. The molecule has 3 heteroatoms. The van der Waals surface area contributed by atoms with Crippen LogP contribution >= 0.6 is 0 Å². The zero-order valence-electron chi connectivity index (χ0n) is 17.3. The molecule has 0 heterocycles. The predicted molar refractivity (Wildman–Crippen MR) is 110 cm³/mol. The Morgan fingerprint density at radius 3 is 1.88 bits per heavy atom. The number of rotatable bonds is 16. The van der Waals surface area contributed by atoms with Gasteiger partial charge < -0.3 is 4.74 Å². The highest BCUT2D eigenvalue weighted by Gasteiger charge is 2.34. The van der Waals surface area contributed by atoms with E-state index in [9.17, 15) is 4.79 Å². The van der Waals surface area contributed by atoms with Gasteiger partial charge in [-0.2, -0.15) is 0 Å². The van der Waals surface area contributed by atoms with Crippen LogP contribution in [0.1, 0.15) is 111 Å². The molecule has 2 atom stereocenters. The number of hydrogen-bond acceptors (Lipinski definition) is 2. The average molecular weight is 357 g/mol. The van der Waals surface area contributed by atoms with E-state index in [0.717, 1.165) is 23.1 Å². The van der Waals surface area contributed by atoms with Crippen LogP contribution in [-0.4, -0.2) is 22.8 Å². The number of carbonyl (C=O) groups excluding carboxylic acids is 1. The number of carbonyl (C=O) groups is 1. The highest BCUT2D eigenvalue weighted by atomic mass is 28.1. The first-order valence-electron chi connectivity index (χ1n) is 10.6. The largest absolute Gasteiger partial charge is 0.466 e. The molecular formula is C21H44O2Si. The van der Waals surface area contributed by atoms with Crippen LogP contribution in [-0.2, 0) is 9.53 Å². The summed E-state index contributed by atoms with van der Waals surface area (Å²) in [7, 11) is 0.882. The minimum absolute atomic E-state index is 0.0567. The van der Waals surface area contributed by atoms with E-state index in [1.807, 2.05) is 0 Å². The van der Waals surface area contributed by atoms with E-state index < -0.39 is 0 Å². The van der Waals surface area contributed by atoms with Gasteiger partial charge in [0.25, 0.3) is 0 Å². The van der Waals surface area contributed by atoms with Crippen LogP contribution in [0.15, 0.2) is 0 Å². The van der Waals surface area contributed by atoms with Crippen molar-refractivity contribution >= 4 is 16.2 Å². The maximum Gasteiger partial charge on any atom is 0.308 e. The van der Waals surface area contributed by atoms with Gasteiger partial charge in [0.1, 0.15) is 0 Å². The van der Waals surface area contributed by atoms with E-state index in [1.54, 1.807) is 0 Å². The molecule has 0 saturated carbocycles. The molecule has 0 bridgehead atoms. The third kappa shape index (κ3) is 11.3. The van der Waals surface area contributed by atoms with Crippen molar-refractivity contribution in [2.24, 2.45) is 5.92 Å². The Morgan fingerprint density at radius 1 is 0.875 bits per heavy atom. The fraction of sp³-hybridized carbons (Fsp3) is 0.952. The van der Waals surface area contributed by atoms with Gasteiger partial charge in [-0.15, -0.1) is 0 Å². The molecule has 0 spiro atoms. The maximum atomic E-state index is 12.4. The molecule has 0 aromatic carbocycles. The predicted octanol–water partition coefficient (Wildman–Crippen LogP) is 5.82. The Hall–Kier alpha value is -0.313. The molecule has 0 aliphatic heterocycles. The summed E-state index contributed by atoms with van der Waals surface area (Å²) in [6, 6.07) is 0. The van der Waals surface area contributed by atoms with Crippen molar-refractivity contribution in [1.82, 2.24) is 0 Å². The van der Waals surface area contributed by atoms with Gasteiger partial charge in [0.15, 0.2) is 0 Å². The summed E-state index contributed by atoms with van der Waals surface area (Å²) in [6.45, 7) is 9.47. The van der Waals surface area contributed by atoms with Crippen molar-refractivity contribution in [3.05, 3.63) is 0 Å². The van der Waals surface area contributed by atoms with Gasteiger partial charge in [-0.05, 0) is 18.8 Å². The van der Waals surface area contributed by atoms with Crippen LogP contribution in [0.3, 0.4) is 0 Å². The lowest BCUT2D eigenvalue weighted by molar-refractivity contribution is -0.148. The van der Waals surface area contributed by atoms with Gasteiger partial charge in [0.05, 0.1) is 11.6 Å². The number of ether oxygens (including phenoxy) is 1. The molecule has 0 radical (unpaired) electrons. The molecule has 0 fully saturated rings. The lowest BCUT2D eigenvalue weighted by Crippen LogP contribution is -2.30. The molecule has 0 aromatic heterocycles. The van der Waals surface area contributed by atoms with Crippen LogP contribution in [0.2, 0.25) is 5.04 Å². The summed E-state index contributed by atoms with van der Waals surface area (Å²) in [5.74, 6) is 0.508. The van der Waals surface area contributed by atoms with E-state index in [0.29, 0.717) is 12.5 Å². The fourth-order valence-corrected chi connectivity index (χ4v) is 3.46. The van der Waals surface area contributed by atoms with Gasteiger partial charge in [-0.1, -0.05) is 98.3 Å². The molecule has 0 aromatic rings. The molecular weight excluding hydrogens is 312 g/mol. The second kappa shape index (κ2) is 15.0. The molecule has 0 N–H and O–H groups in total. The summed E-state index contributed by atoms with van der Waals surface area (Å²) < 4.78 is 5.59. The van der Waals surface area contributed by atoms with Crippen molar-refractivity contribution in [2.45, 2.75) is 116 Å². The van der Waals surface area contributed by atoms with Gasteiger partial charge in [0, 0.05) is 10.2 Å². The lowest BCUT2D eigenvalue weighted by atomic mass is 9.89. The molecule has 2 nitrogen and oxygen atoms in total. The van der Waals surface area contributed by atoms with E-state index in [1.165, 1.54) is 70.6 Å². The van der Waals surface area contributed by atoms with E-state index in [-0.39, 0.29) is 11.0 Å². The molecule has 0 aliphatic rings. The average Bonchev–Trinajstić information content (AvgIpc) is 2.56. The van der Waals surface area contributed by atoms with E-state index >= 15 is 0 Å². The molecule has 0 aliphatic carbocycles. The SMILES string of the molecule is CCCCCCCCOC(=O)C(C)([SiH3])C(C)CCCCCCCC. The Labute approximate surface area is 154 Å². The summed E-state index contributed by atoms with van der Waals surface area (Å²) in [6.07, 6.45) is 16.5. The van der Waals surface area contributed by atoms with Gasteiger partial charge in [-0.3, -0.25) is 4.79 Å². The van der Waals surface area contributed by atoms with E-state index in [4.69, 9.17) is 4.74 Å².